The van der Waals surface area contributed by atoms with Crippen LogP contribution in [0.25, 0.3) is 11.3 Å². The number of aromatic nitrogens is 2. The molecule has 0 saturated carbocycles. The number of benzene rings is 2. The standard InChI is InChI=1S/C20H22N4O2/c1-23-18(17-10-6-3-7-11-17)14-19(22-23)21-20(26)24(12-13-25)15-16-8-4-2-5-9-16/h2-11,14,25H,12-13,15H2,1H3,(H,21,22,26). The predicted octanol–water partition coefficient (Wildman–Crippen LogP) is 3.11. The number of aliphatic hydroxyl groups excluding tert-OH is 1. The van der Waals surface area contributed by atoms with E-state index in [2.05, 4.69) is 10.4 Å². The van der Waals surface area contributed by atoms with Crippen molar-refractivity contribution in [1.29, 1.82) is 0 Å². The molecule has 0 radical (unpaired) electrons. The molecule has 0 aliphatic rings. The quantitative estimate of drug-likeness (QED) is 0.718. The van der Waals surface area contributed by atoms with Crippen molar-refractivity contribution in [1.82, 2.24) is 14.7 Å². The van der Waals surface area contributed by atoms with Gasteiger partial charge < -0.3 is 10.0 Å². The Labute approximate surface area is 152 Å². The second-order valence-electron chi connectivity index (χ2n) is 5.97. The highest BCUT2D eigenvalue weighted by molar-refractivity contribution is 5.89. The highest BCUT2D eigenvalue weighted by Crippen LogP contribution is 2.21. The van der Waals surface area contributed by atoms with Crippen LogP contribution in [0.5, 0.6) is 0 Å². The van der Waals surface area contributed by atoms with Gasteiger partial charge in [0.15, 0.2) is 5.82 Å². The molecule has 2 N–H and O–H groups in total. The van der Waals surface area contributed by atoms with Gasteiger partial charge in [-0.2, -0.15) is 5.10 Å². The fourth-order valence-corrected chi connectivity index (χ4v) is 2.77. The first-order chi connectivity index (χ1) is 12.7. The SMILES string of the molecule is Cn1nc(NC(=O)N(CCO)Cc2ccccc2)cc1-c1ccccc1. The van der Waals surface area contributed by atoms with Gasteiger partial charge in [0, 0.05) is 26.2 Å². The molecule has 2 aromatic carbocycles. The summed E-state index contributed by atoms with van der Waals surface area (Å²) in [6.45, 7) is 0.572. The highest BCUT2D eigenvalue weighted by Gasteiger charge is 2.16. The van der Waals surface area contributed by atoms with Gasteiger partial charge in [0.1, 0.15) is 0 Å². The number of aryl methyl sites for hydroxylation is 1. The van der Waals surface area contributed by atoms with E-state index in [0.717, 1.165) is 16.8 Å². The monoisotopic (exact) mass is 350 g/mol. The molecule has 6 heteroatoms. The van der Waals surface area contributed by atoms with Crippen molar-refractivity contribution < 1.29 is 9.90 Å². The van der Waals surface area contributed by atoms with Crippen LogP contribution in [-0.2, 0) is 13.6 Å². The molecule has 2 amide bonds. The van der Waals surface area contributed by atoms with Crippen LogP contribution >= 0.6 is 0 Å². The van der Waals surface area contributed by atoms with Crippen LogP contribution < -0.4 is 5.32 Å². The number of anilines is 1. The first-order valence-electron chi connectivity index (χ1n) is 8.47. The lowest BCUT2D eigenvalue weighted by atomic mass is 10.1. The largest absolute Gasteiger partial charge is 0.395 e. The number of urea groups is 1. The molecule has 0 aliphatic heterocycles. The molecular weight excluding hydrogens is 328 g/mol. The minimum atomic E-state index is -0.291. The van der Waals surface area contributed by atoms with E-state index in [4.69, 9.17) is 0 Å². The molecule has 0 spiro atoms. The minimum Gasteiger partial charge on any atom is -0.395 e. The average molecular weight is 350 g/mol. The van der Waals surface area contributed by atoms with Gasteiger partial charge in [0.2, 0.25) is 0 Å². The van der Waals surface area contributed by atoms with Crippen molar-refractivity contribution in [2.75, 3.05) is 18.5 Å². The van der Waals surface area contributed by atoms with Crippen molar-refractivity contribution in [3.8, 4) is 11.3 Å². The zero-order chi connectivity index (χ0) is 18.4. The van der Waals surface area contributed by atoms with Gasteiger partial charge in [-0.15, -0.1) is 0 Å². The fourth-order valence-electron chi connectivity index (χ4n) is 2.77. The summed E-state index contributed by atoms with van der Waals surface area (Å²) in [6, 6.07) is 21.1. The van der Waals surface area contributed by atoms with Crippen LogP contribution in [0.2, 0.25) is 0 Å². The van der Waals surface area contributed by atoms with Crippen molar-refractivity contribution >= 4 is 11.8 Å². The number of nitrogens with zero attached hydrogens (tertiary/aromatic N) is 3. The van der Waals surface area contributed by atoms with Crippen LogP contribution in [0.4, 0.5) is 10.6 Å². The lowest BCUT2D eigenvalue weighted by molar-refractivity contribution is 0.185. The number of carbonyl (C=O) groups is 1. The predicted molar refractivity (Wildman–Crippen MR) is 102 cm³/mol. The van der Waals surface area contributed by atoms with E-state index in [1.807, 2.05) is 73.8 Å². The van der Waals surface area contributed by atoms with Gasteiger partial charge in [0.05, 0.1) is 12.3 Å². The van der Waals surface area contributed by atoms with Gasteiger partial charge in [0.25, 0.3) is 0 Å². The van der Waals surface area contributed by atoms with Crippen molar-refractivity contribution in [2.45, 2.75) is 6.54 Å². The van der Waals surface area contributed by atoms with Gasteiger partial charge in [-0.25, -0.2) is 4.79 Å². The Kier molecular flexibility index (Phi) is 5.66. The van der Waals surface area contributed by atoms with Crippen LogP contribution in [0, 0.1) is 0 Å². The van der Waals surface area contributed by atoms with Crippen molar-refractivity contribution in [3.63, 3.8) is 0 Å². The Morgan fingerprint density at radius 2 is 1.77 bits per heavy atom. The average Bonchev–Trinajstić information content (AvgIpc) is 3.03. The topological polar surface area (TPSA) is 70.4 Å². The molecule has 134 valence electrons. The van der Waals surface area contributed by atoms with Crippen LogP contribution in [-0.4, -0.2) is 39.0 Å². The van der Waals surface area contributed by atoms with E-state index < -0.39 is 0 Å². The lowest BCUT2D eigenvalue weighted by Crippen LogP contribution is -2.36. The smallest absolute Gasteiger partial charge is 0.323 e. The molecule has 6 nitrogen and oxygen atoms in total. The third-order valence-corrected chi connectivity index (χ3v) is 4.06. The van der Waals surface area contributed by atoms with Crippen LogP contribution in [0.15, 0.2) is 66.7 Å². The molecular formula is C20H22N4O2. The molecule has 0 fully saturated rings. The number of carbonyl (C=O) groups excluding carboxylic acids is 1. The Morgan fingerprint density at radius 1 is 1.12 bits per heavy atom. The van der Waals surface area contributed by atoms with Gasteiger partial charge in [-0.05, 0) is 11.1 Å². The first kappa shape index (κ1) is 17.7. The van der Waals surface area contributed by atoms with E-state index in [0.29, 0.717) is 12.4 Å². The van der Waals surface area contributed by atoms with Gasteiger partial charge >= 0.3 is 6.03 Å². The van der Waals surface area contributed by atoms with Crippen LogP contribution in [0.1, 0.15) is 5.56 Å². The summed E-state index contributed by atoms with van der Waals surface area (Å²) >= 11 is 0. The molecule has 1 heterocycles. The number of aliphatic hydroxyl groups is 1. The van der Waals surface area contributed by atoms with Crippen molar-refractivity contribution in [3.05, 3.63) is 72.3 Å². The van der Waals surface area contributed by atoms with Gasteiger partial charge in [-0.3, -0.25) is 10.00 Å². The summed E-state index contributed by atoms with van der Waals surface area (Å²) < 4.78 is 1.73. The Hall–Kier alpha value is -3.12. The number of hydrogen-bond donors (Lipinski definition) is 2. The molecule has 1 aromatic heterocycles. The Balaban J connectivity index is 1.73. The summed E-state index contributed by atoms with van der Waals surface area (Å²) in [4.78, 5) is 14.2. The molecule has 0 bridgehead atoms. The minimum absolute atomic E-state index is 0.0995. The van der Waals surface area contributed by atoms with Gasteiger partial charge in [-0.1, -0.05) is 60.7 Å². The fraction of sp³-hybridized carbons (Fsp3) is 0.200. The maximum atomic E-state index is 12.6. The zero-order valence-corrected chi connectivity index (χ0v) is 14.7. The molecule has 0 aliphatic carbocycles. The molecule has 0 saturated heterocycles. The first-order valence-corrected chi connectivity index (χ1v) is 8.47. The summed E-state index contributed by atoms with van der Waals surface area (Å²) in [7, 11) is 1.84. The molecule has 26 heavy (non-hydrogen) atoms. The number of nitrogens with one attached hydrogen (secondary N) is 1. The lowest BCUT2D eigenvalue weighted by Gasteiger charge is -2.21. The Bertz CT molecular complexity index is 847. The molecule has 3 aromatic rings. The third kappa shape index (κ3) is 4.29. The number of amides is 2. The maximum Gasteiger partial charge on any atom is 0.323 e. The third-order valence-electron chi connectivity index (χ3n) is 4.06. The van der Waals surface area contributed by atoms with E-state index in [-0.39, 0.29) is 19.2 Å². The van der Waals surface area contributed by atoms with E-state index in [9.17, 15) is 9.90 Å². The van der Waals surface area contributed by atoms with Crippen molar-refractivity contribution in [2.24, 2.45) is 7.05 Å². The number of hydrogen-bond acceptors (Lipinski definition) is 3. The highest BCUT2D eigenvalue weighted by atomic mass is 16.3. The van der Waals surface area contributed by atoms with Crippen LogP contribution in [0.3, 0.4) is 0 Å². The summed E-state index contributed by atoms with van der Waals surface area (Å²) in [6.07, 6.45) is 0. The van der Waals surface area contributed by atoms with E-state index >= 15 is 0 Å². The summed E-state index contributed by atoms with van der Waals surface area (Å²) in [5, 5.41) is 16.5. The molecule has 3 rings (SSSR count). The zero-order valence-electron chi connectivity index (χ0n) is 14.7. The normalized spacial score (nSPS) is 10.5. The summed E-state index contributed by atoms with van der Waals surface area (Å²) in [5.41, 5.74) is 2.94. The molecule has 0 atom stereocenters. The summed E-state index contributed by atoms with van der Waals surface area (Å²) in [5.74, 6) is 0.479. The maximum absolute atomic E-state index is 12.6. The van der Waals surface area contributed by atoms with E-state index in [1.54, 1.807) is 9.58 Å². The number of rotatable bonds is 6. The Morgan fingerprint density at radius 3 is 2.42 bits per heavy atom. The second kappa shape index (κ2) is 8.31. The van der Waals surface area contributed by atoms with E-state index in [1.165, 1.54) is 0 Å². The molecule has 0 unspecified atom stereocenters. The second-order valence-corrected chi connectivity index (χ2v) is 5.97.